The molecule has 0 saturated carbocycles. The normalized spacial score (nSPS) is 57.1. The highest BCUT2D eigenvalue weighted by molar-refractivity contribution is 6.06. The Morgan fingerprint density at radius 1 is 1.33 bits per heavy atom. The molecule has 0 aromatic rings. The minimum atomic E-state index is -1.13. The highest BCUT2D eigenvalue weighted by atomic mass is 16.6. The van der Waals surface area contributed by atoms with Crippen molar-refractivity contribution < 1.29 is 24.5 Å². The number of aliphatic hydroxyl groups excluding tert-OH is 2. The van der Waals surface area contributed by atoms with Gasteiger partial charge in [0.1, 0.15) is 17.8 Å². The van der Waals surface area contributed by atoms with E-state index in [0.717, 1.165) is 0 Å². The first kappa shape index (κ1) is 9.26. The number of nitrogens with one attached hydrogen (secondary N) is 1. The second-order valence-electron chi connectivity index (χ2n) is 4.56. The van der Waals surface area contributed by atoms with Crippen LogP contribution in [0.1, 0.15) is 6.92 Å². The van der Waals surface area contributed by atoms with Crippen LogP contribution in [0, 0.1) is 11.8 Å². The largest absolute Gasteiger partial charge is 0.388 e. The first-order chi connectivity index (χ1) is 6.97. The van der Waals surface area contributed by atoms with E-state index in [1.165, 1.54) is 0 Å². The van der Waals surface area contributed by atoms with Crippen LogP contribution in [-0.2, 0) is 14.3 Å². The van der Waals surface area contributed by atoms with Crippen LogP contribution in [0.25, 0.3) is 0 Å². The van der Waals surface area contributed by atoms with Gasteiger partial charge < -0.3 is 14.9 Å². The molecule has 82 valence electrons. The zero-order valence-corrected chi connectivity index (χ0v) is 8.01. The molecule has 0 aromatic heterocycles. The predicted molar refractivity (Wildman–Crippen MR) is 45.4 cm³/mol. The summed E-state index contributed by atoms with van der Waals surface area (Å²) in [6.45, 7) is 1.56. The molecular weight excluding hydrogens is 202 g/mol. The van der Waals surface area contributed by atoms with Gasteiger partial charge >= 0.3 is 0 Å². The van der Waals surface area contributed by atoms with Crippen molar-refractivity contribution in [1.29, 1.82) is 0 Å². The first-order valence-corrected chi connectivity index (χ1v) is 4.85. The Kier molecular flexibility index (Phi) is 1.48. The Bertz CT molecular complexity index is 370. The maximum absolute atomic E-state index is 11.5. The molecule has 6 unspecified atom stereocenters. The molecule has 0 spiro atoms. The molecule has 0 aromatic carbocycles. The second kappa shape index (κ2) is 2.40. The first-order valence-electron chi connectivity index (χ1n) is 4.85. The summed E-state index contributed by atoms with van der Waals surface area (Å²) in [5.41, 5.74) is -1.13. The van der Waals surface area contributed by atoms with Crippen molar-refractivity contribution in [1.82, 2.24) is 5.32 Å². The van der Waals surface area contributed by atoms with Crippen molar-refractivity contribution in [3.8, 4) is 0 Å². The van der Waals surface area contributed by atoms with Crippen LogP contribution >= 0.6 is 0 Å². The van der Waals surface area contributed by atoms with Gasteiger partial charge in [-0.15, -0.1) is 0 Å². The van der Waals surface area contributed by atoms with E-state index in [1.54, 1.807) is 6.92 Å². The average molecular weight is 213 g/mol. The Balaban J connectivity index is 2.09. The molecule has 3 rings (SSSR count). The zero-order chi connectivity index (χ0) is 11.0. The van der Waals surface area contributed by atoms with Gasteiger partial charge in [-0.1, -0.05) is 0 Å². The molecule has 6 atom stereocenters. The lowest BCUT2D eigenvalue weighted by atomic mass is 9.71. The van der Waals surface area contributed by atoms with E-state index in [1.807, 2.05) is 0 Å². The Morgan fingerprint density at radius 3 is 2.67 bits per heavy atom. The SMILES string of the molecule is CC12OC(C(O)C1O)C1C(=O)NC(=O)C12. The summed E-state index contributed by atoms with van der Waals surface area (Å²) in [5.74, 6) is -2.15. The van der Waals surface area contributed by atoms with Gasteiger partial charge in [0.25, 0.3) is 0 Å². The average Bonchev–Trinajstić information content (AvgIpc) is 2.70. The molecule has 0 aliphatic carbocycles. The van der Waals surface area contributed by atoms with E-state index in [2.05, 4.69) is 5.32 Å². The number of imide groups is 1. The molecule has 6 heteroatoms. The van der Waals surface area contributed by atoms with Gasteiger partial charge in [0.15, 0.2) is 0 Å². The van der Waals surface area contributed by atoms with E-state index in [9.17, 15) is 19.8 Å². The molecular formula is C9H11NO5. The molecule has 3 saturated heterocycles. The molecule has 3 heterocycles. The van der Waals surface area contributed by atoms with Crippen molar-refractivity contribution in [2.24, 2.45) is 11.8 Å². The third-order valence-electron chi connectivity index (χ3n) is 3.80. The van der Waals surface area contributed by atoms with Crippen LogP contribution in [0.2, 0.25) is 0 Å². The number of amides is 2. The molecule has 3 N–H and O–H groups in total. The van der Waals surface area contributed by atoms with Gasteiger partial charge in [-0.2, -0.15) is 0 Å². The van der Waals surface area contributed by atoms with E-state index >= 15 is 0 Å². The van der Waals surface area contributed by atoms with Crippen LogP contribution in [0.3, 0.4) is 0 Å². The lowest BCUT2D eigenvalue weighted by Gasteiger charge is -2.32. The van der Waals surface area contributed by atoms with Gasteiger partial charge in [-0.3, -0.25) is 14.9 Å². The number of ether oxygens (including phenoxy) is 1. The fourth-order valence-electron chi connectivity index (χ4n) is 3.05. The van der Waals surface area contributed by atoms with Gasteiger partial charge in [0.05, 0.1) is 17.9 Å². The summed E-state index contributed by atoms with van der Waals surface area (Å²) in [7, 11) is 0. The minimum Gasteiger partial charge on any atom is -0.388 e. The standard InChI is InChI=1S/C9H11NO5/c1-9-3-2(7(13)10-8(3)14)5(15-9)4(11)6(9)12/h2-6,11-12H,1H3,(H,10,13,14). The Labute approximate surface area is 85.2 Å². The smallest absolute Gasteiger partial charge is 0.233 e. The third-order valence-corrected chi connectivity index (χ3v) is 3.80. The van der Waals surface area contributed by atoms with Crippen LogP contribution in [-0.4, -0.2) is 45.9 Å². The number of carbonyl (C=O) groups excluding carboxylic acids is 2. The molecule has 2 bridgehead atoms. The fraction of sp³-hybridized carbons (Fsp3) is 0.778. The van der Waals surface area contributed by atoms with Crippen molar-refractivity contribution in [2.45, 2.75) is 30.8 Å². The van der Waals surface area contributed by atoms with Gasteiger partial charge in [0, 0.05) is 0 Å². The predicted octanol–water partition coefficient (Wildman–Crippen LogP) is -2.23. The third kappa shape index (κ3) is 0.816. The highest BCUT2D eigenvalue weighted by Crippen LogP contribution is 2.53. The Hall–Kier alpha value is -0.980. The van der Waals surface area contributed by atoms with Crippen LogP contribution < -0.4 is 5.32 Å². The van der Waals surface area contributed by atoms with E-state index in [4.69, 9.17) is 4.74 Å². The van der Waals surface area contributed by atoms with Crippen molar-refractivity contribution in [3.63, 3.8) is 0 Å². The van der Waals surface area contributed by atoms with E-state index < -0.39 is 47.6 Å². The number of aliphatic hydroxyl groups is 2. The van der Waals surface area contributed by atoms with Gasteiger partial charge in [-0.25, -0.2) is 0 Å². The summed E-state index contributed by atoms with van der Waals surface area (Å²) in [6.07, 6.45) is -2.96. The molecule has 15 heavy (non-hydrogen) atoms. The number of hydrogen-bond acceptors (Lipinski definition) is 5. The molecule has 6 nitrogen and oxygen atoms in total. The van der Waals surface area contributed by atoms with Crippen molar-refractivity contribution in [3.05, 3.63) is 0 Å². The lowest BCUT2D eigenvalue weighted by molar-refractivity contribution is -0.134. The molecule has 3 fully saturated rings. The maximum Gasteiger partial charge on any atom is 0.233 e. The fourth-order valence-corrected chi connectivity index (χ4v) is 3.05. The summed E-state index contributed by atoms with van der Waals surface area (Å²) >= 11 is 0. The summed E-state index contributed by atoms with van der Waals surface area (Å²) in [4.78, 5) is 23.0. The monoisotopic (exact) mass is 213 g/mol. The number of hydrogen-bond donors (Lipinski definition) is 3. The van der Waals surface area contributed by atoms with Crippen LogP contribution in [0.4, 0.5) is 0 Å². The topological polar surface area (TPSA) is 95.9 Å². The summed E-state index contributed by atoms with van der Waals surface area (Å²) in [6, 6.07) is 0. The van der Waals surface area contributed by atoms with Crippen molar-refractivity contribution in [2.75, 3.05) is 0 Å². The second-order valence-corrected chi connectivity index (χ2v) is 4.56. The quantitative estimate of drug-likeness (QED) is 0.396. The number of rotatable bonds is 0. The lowest BCUT2D eigenvalue weighted by Crippen LogP contribution is -2.53. The van der Waals surface area contributed by atoms with Crippen molar-refractivity contribution >= 4 is 11.8 Å². The minimum absolute atomic E-state index is 0.412. The Morgan fingerprint density at radius 2 is 2.00 bits per heavy atom. The van der Waals surface area contributed by atoms with Crippen LogP contribution in [0.5, 0.6) is 0 Å². The number of fused-ring (bicyclic) bond motifs is 5. The zero-order valence-electron chi connectivity index (χ0n) is 8.01. The number of carbonyl (C=O) groups is 2. The van der Waals surface area contributed by atoms with E-state index in [-0.39, 0.29) is 0 Å². The summed E-state index contributed by atoms with van der Waals surface area (Å²) < 4.78 is 5.41. The van der Waals surface area contributed by atoms with Crippen LogP contribution in [0.15, 0.2) is 0 Å². The highest BCUT2D eigenvalue weighted by Gasteiger charge is 2.72. The molecule has 0 radical (unpaired) electrons. The maximum atomic E-state index is 11.5. The molecule has 2 amide bonds. The summed E-state index contributed by atoms with van der Waals surface area (Å²) in [5, 5.41) is 21.6. The van der Waals surface area contributed by atoms with E-state index in [0.29, 0.717) is 0 Å². The van der Waals surface area contributed by atoms with Gasteiger partial charge in [0.2, 0.25) is 11.8 Å². The molecule has 3 aliphatic heterocycles. The molecule has 3 aliphatic rings. The van der Waals surface area contributed by atoms with Gasteiger partial charge in [-0.05, 0) is 6.92 Å².